The molecule has 2 aliphatic rings. The number of nitrogens with zero attached hydrogens (tertiary/aromatic N) is 4. The molecule has 0 saturated carbocycles. The molecule has 3 atom stereocenters. The second kappa shape index (κ2) is 27.4. The summed E-state index contributed by atoms with van der Waals surface area (Å²) in [4.78, 5) is 37.8. The normalized spacial score (nSPS) is 16.1. The number of thioether (sulfide) groups is 1. The van der Waals surface area contributed by atoms with Crippen LogP contribution in [0.15, 0.2) is 102 Å². The molecule has 2 saturated heterocycles. The number of aromatic nitrogens is 1. The summed E-state index contributed by atoms with van der Waals surface area (Å²) in [6.45, 7) is 14.8. The van der Waals surface area contributed by atoms with Crippen molar-refractivity contribution in [2.45, 2.75) is 65.6 Å². The zero-order chi connectivity index (χ0) is 47.4. The summed E-state index contributed by atoms with van der Waals surface area (Å²) in [5, 5.41) is 8.10. The number of carbonyl (C=O) groups is 2. The molecule has 1 aromatic heterocycles. The highest BCUT2D eigenvalue weighted by Crippen LogP contribution is 2.31. The number of alkyl halides is 1. The van der Waals surface area contributed by atoms with E-state index in [1.165, 1.54) is 28.7 Å². The van der Waals surface area contributed by atoms with Gasteiger partial charge in [-0.15, -0.1) is 9.24 Å². The van der Waals surface area contributed by atoms with Crippen molar-refractivity contribution in [2.75, 3.05) is 66.5 Å². The quantitative estimate of drug-likeness (QED) is 0.0185. The number of likely N-dealkylation sites (N-methyl/N-ethyl adjacent to an activating group) is 2. The number of ketones is 2. The first kappa shape index (κ1) is 52.6. The first-order chi connectivity index (χ1) is 31.9. The first-order valence-electron chi connectivity index (χ1n) is 22.2. The molecule has 2 aliphatic heterocycles. The van der Waals surface area contributed by atoms with Crippen molar-refractivity contribution < 1.29 is 19.1 Å². The summed E-state index contributed by atoms with van der Waals surface area (Å²) < 4.78 is 12.1. The van der Waals surface area contributed by atoms with E-state index in [2.05, 4.69) is 83.3 Å². The number of thiocarbonyl (C=S) groups is 1. The van der Waals surface area contributed by atoms with E-state index in [1.54, 1.807) is 0 Å². The van der Waals surface area contributed by atoms with E-state index < -0.39 is 0 Å². The molecule has 2 fully saturated rings. The third kappa shape index (κ3) is 16.7. The number of Topliss-reactive ketones (excluding diaryl/α,β-unsaturated/α-hetero) is 1. The second-order valence-electron chi connectivity index (χ2n) is 15.4. The van der Waals surface area contributed by atoms with Crippen molar-refractivity contribution in [3.63, 3.8) is 0 Å². The number of aliphatic imine (C=N–C) groups is 1. The molecule has 0 amide bonds. The zero-order valence-electron chi connectivity index (χ0n) is 38.1. The van der Waals surface area contributed by atoms with Crippen molar-refractivity contribution >= 4 is 105 Å². The number of aryl methyl sites for hydroxylation is 2. The number of carbonyl (C=O) groups excluding carboxylic acids is 2. The molecular weight excluding hydrogens is 972 g/mol. The number of anilines is 4. The Labute approximate surface area is 414 Å². The van der Waals surface area contributed by atoms with E-state index in [0.717, 1.165) is 104 Å². The molecule has 0 bridgehead atoms. The molecule has 0 spiro atoms. The Morgan fingerprint density at radius 2 is 1.38 bits per heavy atom. The van der Waals surface area contributed by atoms with E-state index in [4.69, 9.17) is 33.2 Å². The molecule has 4 aromatic carbocycles. The van der Waals surface area contributed by atoms with E-state index in [1.807, 2.05) is 97.1 Å². The lowest BCUT2D eigenvalue weighted by Gasteiger charge is -2.15. The minimum Gasteiger partial charge on any atom is -0.489 e. The minimum absolute atomic E-state index is 0.0974. The summed E-state index contributed by atoms with van der Waals surface area (Å²) in [5.74, 6) is 2.04. The van der Waals surface area contributed by atoms with Crippen molar-refractivity contribution in [1.29, 1.82) is 0 Å². The van der Waals surface area contributed by atoms with Gasteiger partial charge in [0.15, 0.2) is 21.2 Å². The molecule has 6 N–H and O–H groups in total. The summed E-state index contributed by atoms with van der Waals surface area (Å²) in [7, 11) is 2.58. The molecule has 3 heterocycles. The van der Waals surface area contributed by atoms with Gasteiger partial charge in [0.25, 0.3) is 0 Å². The van der Waals surface area contributed by atoms with Gasteiger partial charge in [0.2, 0.25) is 5.78 Å². The van der Waals surface area contributed by atoms with Gasteiger partial charge in [0.1, 0.15) is 34.4 Å². The Balaban J connectivity index is 0.000000204. The predicted molar refractivity (Wildman–Crippen MR) is 288 cm³/mol. The SMILES string of the molecule is CCN1CCC(Oc2ccc(NC(=S)N=C(N)SCP)cc2)C1.CCc1cccc(C(=O)CBr)c1.CCc1cccc(C(=O)c2sc(Nc3ccc(OC4CCN(CC)C4)cc3)nc2N)c1. The number of amidine groups is 1. The molecule has 0 aliphatic carbocycles. The fraction of sp³-hybridized carbons (Fsp3) is 0.367. The van der Waals surface area contributed by atoms with Crippen molar-refractivity contribution in [3.05, 3.63) is 124 Å². The van der Waals surface area contributed by atoms with Gasteiger partial charge in [-0.25, -0.2) is 4.98 Å². The third-order valence-corrected chi connectivity index (χ3v) is 13.6. The number of hydrogen-bond donors (Lipinski definition) is 4. The average molecular weight is 1030 g/mol. The molecule has 0 radical (unpaired) electrons. The van der Waals surface area contributed by atoms with Gasteiger partial charge >= 0.3 is 0 Å². The Kier molecular flexibility index (Phi) is 21.8. The number of nitrogen functional groups attached to an aromatic ring is 1. The Bertz CT molecular complexity index is 2370. The van der Waals surface area contributed by atoms with E-state index in [0.29, 0.717) is 31.2 Å². The fourth-order valence-corrected chi connectivity index (χ4v) is 9.43. The van der Waals surface area contributed by atoms with E-state index >= 15 is 0 Å². The van der Waals surface area contributed by atoms with Gasteiger partial charge in [-0.2, -0.15) is 4.99 Å². The first-order valence-corrected chi connectivity index (χ1v) is 26.4. The Morgan fingerprint density at radius 1 is 0.848 bits per heavy atom. The summed E-state index contributed by atoms with van der Waals surface area (Å²) >= 11 is 11.0. The van der Waals surface area contributed by atoms with Crippen LogP contribution in [0.3, 0.4) is 0 Å². The highest BCUT2D eigenvalue weighted by atomic mass is 79.9. The number of rotatable bonds is 16. The molecule has 3 unspecified atom stereocenters. The summed E-state index contributed by atoms with van der Waals surface area (Å²) in [5.41, 5.74) is 18.1. The van der Waals surface area contributed by atoms with E-state index in [-0.39, 0.29) is 29.6 Å². The number of nitrogens with two attached hydrogens (primary N) is 2. The molecule has 7 rings (SSSR count). The largest absolute Gasteiger partial charge is 0.489 e. The molecule has 17 heteroatoms. The maximum Gasteiger partial charge on any atom is 0.206 e. The van der Waals surface area contributed by atoms with Crippen LogP contribution in [0, 0.1) is 0 Å². The van der Waals surface area contributed by atoms with Crippen LogP contribution in [0.5, 0.6) is 11.5 Å². The van der Waals surface area contributed by atoms with Crippen molar-refractivity contribution in [3.8, 4) is 11.5 Å². The van der Waals surface area contributed by atoms with Crippen molar-refractivity contribution in [1.82, 2.24) is 14.8 Å². The molecule has 352 valence electrons. The van der Waals surface area contributed by atoms with Crippen LogP contribution in [-0.4, -0.2) is 98.9 Å². The number of nitrogens with one attached hydrogen (secondary N) is 2. The Hall–Kier alpha value is -4.41. The summed E-state index contributed by atoms with van der Waals surface area (Å²) in [6, 6.07) is 31.0. The van der Waals surface area contributed by atoms with Crippen LogP contribution in [0.2, 0.25) is 0 Å². The number of thiazole rings is 1. The lowest BCUT2D eigenvalue weighted by atomic mass is 10.1. The van der Waals surface area contributed by atoms with Gasteiger partial charge < -0.3 is 31.6 Å². The fourth-order valence-electron chi connectivity index (χ4n) is 7.13. The molecule has 12 nitrogen and oxygen atoms in total. The molecular formula is C49H62BrN8O4PS3. The lowest BCUT2D eigenvalue weighted by molar-refractivity contribution is 0.102. The Morgan fingerprint density at radius 3 is 1.88 bits per heavy atom. The van der Waals surface area contributed by atoms with Crippen LogP contribution in [0.1, 0.15) is 77.3 Å². The lowest BCUT2D eigenvalue weighted by Crippen LogP contribution is -2.24. The zero-order valence-corrected chi connectivity index (χ0v) is 43.3. The molecule has 66 heavy (non-hydrogen) atoms. The number of ether oxygens (including phenoxy) is 2. The maximum atomic E-state index is 12.9. The van der Waals surface area contributed by atoms with Crippen LogP contribution in [-0.2, 0) is 12.8 Å². The van der Waals surface area contributed by atoms with E-state index in [9.17, 15) is 9.59 Å². The maximum absolute atomic E-state index is 12.9. The van der Waals surface area contributed by atoms with Crippen LogP contribution >= 0.6 is 60.5 Å². The van der Waals surface area contributed by atoms with Gasteiger partial charge in [0.05, 0.1) is 5.33 Å². The van der Waals surface area contributed by atoms with Crippen molar-refractivity contribution in [2.24, 2.45) is 10.7 Å². The average Bonchev–Trinajstić information content (AvgIpc) is 4.10. The highest BCUT2D eigenvalue weighted by Gasteiger charge is 2.24. The summed E-state index contributed by atoms with van der Waals surface area (Å²) in [6.07, 6.45) is 4.52. The molecule has 5 aromatic rings. The monoisotopic (exact) mass is 1030 g/mol. The highest BCUT2D eigenvalue weighted by molar-refractivity contribution is 9.09. The number of benzene rings is 4. The van der Waals surface area contributed by atoms with Crippen LogP contribution in [0.25, 0.3) is 0 Å². The van der Waals surface area contributed by atoms with Gasteiger partial charge in [-0.1, -0.05) is 103 Å². The van der Waals surface area contributed by atoms with Crippen LogP contribution in [0.4, 0.5) is 22.3 Å². The standard InChI is InChI=1S/C24H28N4O2S.C15H23N4OPS2.C10H11BrO/c1-3-16-6-5-7-17(14-16)21(29)22-23(25)27-24(31-22)26-18-8-10-19(11-9-18)30-20-12-13-28(4-2)15-20;1-2-19-8-7-13(9-19)20-12-5-3-11(4-6-12)17-15(22)18-14(16)23-10-21;1-2-8-4-3-5-9(6-8)10(12)7-11/h5-11,14,20H,3-4,12-13,15,25H2,1-2H3,(H,26,27);3-6,13H,2,7-10,21H2,1H3,(H3,16,17,18,22);3-6H,2,7H2,1H3. The number of halogens is 1. The van der Waals surface area contributed by atoms with Crippen LogP contribution < -0.4 is 31.6 Å². The van der Waals surface area contributed by atoms with Gasteiger partial charge in [-0.05, 0) is 123 Å². The predicted octanol–water partition coefficient (Wildman–Crippen LogP) is 10.3. The minimum atomic E-state index is -0.0974. The second-order valence-corrected chi connectivity index (χ2v) is 19.4. The number of hydrogen-bond acceptors (Lipinski definition) is 12. The number of likely N-dealkylation sites (tertiary alicyclic amines) is 2. The van der Waals surface area contributed by atoms with Gasteiger partial charge in [0, 0.05) is 54.2 Å². The third-order valence-electron chi connectivity index (χ3n) is 10.8. The smallest absolute Gasteiger partial charge is 0.206 e. The van der Waals surface area contributed by atoms with Gasteiger partial charge in [-0.3, -0.25) is 19.4 Å². The topological polar surface area (TPSA) is 160 Å².